The summed E-state index contributed by atoms with van der Waals surface area (Å²) < 4.78 is 1.62. The molecule has 0 unspecified atom stereocenters. The van der Waals surface area contributed by atoms with Gasteiger partial charge in [-0.2, -0.15) is 10.1 Å². The molecule has 0 atom stereocenters. The predicted molar refractivity (Wildman–Crippen MR) is 49.5 cm³/mol. The van der Waals surface area contributed by atoms with Crippen LogP contribution in [0.1, 0.15) is 11.4 Å². The number of hydrogen-bond donors (Lipinski definition) is 1. The first kappa shape index (κ1) is 8.61. The van der Waals surface area contributed by atoms with Crippen LogP contribution in [0.5, 0.6) is 0 Å². The summed E-state index contributed by atoms with van der Waals surface area (Å²) in [6, 6.07) is 1.88. The average Bonchev–Trinajstić information content (AvgIpc) is 2.61. The molecule has 14 heavy (non-hydrogen) atoms. The molecule has 0 saturated carbocycles. The molecule has 0 fully saturated rings. The minimum atomic E-state index is 0.500. The van der Waals surface area contributed by atoms with Gasteiger partial charge in [-0.25, -0.2) is 9.50 Å². The fourth-order valence-electron chi connectivity index (χ4n) is 1.29. The third-order valence-corrected chi connectivity index (χ3v) is 1.84. The zero-order valence-electron chi connectivity index (χ0n) is 7.62. The molecule has 0 amide bonds. The molecule has 0 aliphatic rings. The zero-order chi connectivity index (χ0) is 9.97. The number of rotatable bonds is 2. The van der Waals surface area contributed by atoms with E-state index in [1.165, 1.54) is 12.5 Å². The van der Waals surface area contributed by atoms with Gasteiger partial charge in [-0.1, -0.05) is 0 Å². The van der Waals surface area contributed by atoms with E-state index in [2.05, 4.69) is 20.2 Å². The Kier molecular flexibility index (Phi) is 2.10. The lowest BCUT2D eigenvalue weighted by Gasteiger charge is -2.00. The lowest BCUT2D eigenvalue weighted by molar-refractivity contribution is 0.320. The van der Waals surface area contributed by atoms with Crippen molar-refractivity contribution < 1.29 is 5.21 Å². The van der Waals surface area contributed by atoms with Gasteiger partial charge in [-0.05, 0) is 13.0 Å². The molecule has 0 aliphatic heterocycles. The minimum Gasteiger partial charge on any atom is -0.411 e. The van der Waals surface area contributed by atoms with Crippen molar-refractivity contribution in [2.75, 3.05) is 0 Å². The van der Waals surface area contributed by atoms with Gasteiger partial charge in [0.2, 0.25) is 0 Å². The number of hydrogen-bond acceptors (Lipinski definition) is 5. The Morgan fingerprint density at radius 3 is 3.29 bits per heavy atom. The van der Waals surface area contributed by atoms with E-state index in [4.69, 9.17) is 5.21 Å². The molecular formula is C8H9N5O. The minimum absolute atomic E-state index is 0.500. The third-order valence-electron chi connectivity index (χ3n) is 1.84. The van der Waals surface area contributed by atoms with Gasteiger partial charge >= 0.3 is 0 Å². The summed E-state index contributed by atoms with van der Waals surface area (Å²) in [5.74, 6) is 0.561. The van der Waals surface area contributed by atoms with Gasteiger partial charge in [0, 0.05) is 18.3 Å². The summed E-state index contributed by atoms with van der Waals surface area (Å²) >= 11 is 0. The van der Waals surface area contributed by atoms with Gasteiger partial charge in [0.15, 0.2) is 0 Å². The van der Waals surface area contributed by atoms with Crippen LogP contribution in [0.2, 0.25) is 0 Å². The molecule has 0 aromatic carbocycles. The smallest absolute Gasteiger partial charge is 0.252 e. The number of aromatic nitrogens is 4. The Morgan fingerprint density at radius 2 is 2.50 bits per heavy atom. The van der Waals surface area contributed by atoms with Gasteiger partial charge in [0.1, 0.15) is 6.33 Å². The molecule has 0 aliphatic carbocycles. The van der Waals surface area contributed by atoms with Crippen LogP contribution < -0.4 is 0 Å². The first-order valence-electron chi connectivity index (χ1n) is 4.13. The molecule has 1 N–H and O–H groups in total. The Balaban J connectivity index is 2.55. The maximum atomic E-state index is 8.33. The fraction of sp³-hybridized carbons (Fsp3) is 0.250. The van der Waals surface area contributed by atoms with Gasteiger partial charge in [-0.3, -0.25) is 0 Å². The van der Waals surface area contributed by atoms with E-state index in [1.807, 2.05) is 13.0 Å². The highest BCUT2D eigenvalue weighted by atomic mass is 16.4. The average molecular weight is 191 g/mol. The largest absolute Gasteiger partial charge is 0.411 e. The van der Waals surface area contributed by atoms with E-state index in [1.54, 1.807) is 4.52 Å². The maximum Gasteiger partial charge on any atom is 0.252 e. The van der Waals surface area contributed by atoms with E-state index < -0.39 is 0 Å². The van der Waals surface area contributed by atoms with Crippen LogP contribution in [0.15, 0.2) is 17.5 Å². The normalized spacial score (nSPS) is 11.5. The summed E-state index contributed by atoms with van der Waals surface area (Å²) in [5.41, 5.74) is 1.76. The van der Waals surface area contributed by atoms with Crippen molar-refractivity contribution in [1.29, 1.82) is 0 Å². The molecular weight excluding hydrogens is 182 g/mol. The Labute approximate surface area is 79.9 Å². The molecule has 0 saturated heterocycles. The summed E-state index contributed by atoms with van der Waals surface area (Å²) in [6.07, 6.45) is 3.34. The molecule has 2 aromatic rings. The van der Waals surface area contributed by atoms with Crippen molar-refractivity contribution in [2.45, 2.75) is 13.3 Å². The van der Waals surface area contributed by atoms with Crippen molar-refractivity contribution >= 4 is 12.0 Å². The first-order valence-corrected chi connectivity index (χ1v) is 4.13. The van der Waals surface area contributed by atoms with E-state index >= 15 is 0 Å². The first-order chi connectivity index (χ1) is 6.81. The van der Waals surface area contributed by atoms with Crippen molar-refractivity contribution in [3.05, 3.63) is 23.8 Å². The Morgan fingerprint density at radius 1 is 1.64 bits per heavy atom. The molecule has 2 rings (SSSR count). The highest BCUT2D eigenvalue weighted by molar-refractivity contribution is 5.60. The maximum absolute atomic E-state index is 8.33. The van der Waals surface area contributed by atoms with E-state index in [9.17, 15) is 0 Å². The molecule has 0 bridgehead atoms. The van der Waals surface area contributed by atoms with Crippen molar-refractivity contribution in [3.8, 4) is 0 Å². The second-order valence-electron chi connectivity index (χ2n) is 2.86. The highest BCUT2D eigenvalue weighted by Crippen LogP contribution is 2.04. The SMILES string of the molecule is Cc1cc(C/C=N/O)n2ncnc2n1. The van der Waals surface area contributed by atoms with Crippen molar-refractivity contribution in [3.63, 3.8) is 0 Å². The lowest BCUT2D eigenvalue weighted by atomic mass is 10.3. The van der Waals surface area contributed by atoms with Crippen molar-refractivity contribution in [2.24, 2.45) is 5.16 Å². The molecule has 72 valence electrons. The van der Waals surface area contributed by atoms with Crippen LogP contribution in [-0.2, 0) is 6.42 Å². The van der Waals surface area contributed by atoms with Crippen LogP contribution in [0.25, 0.3) is 5.78 Å². The number of fused-ring (bicyclic) bond motifs is 1. The Bertz CT molecular complexity index is 476. The zero-order valence-corrected chi connectivity index (χ0v) is 7.62. The van der Waals surface area contributed by atoms with Crippen LogP contribution in [0.4, 0.5) is 0 Å². The summed E-state index contributed by atoms with van der Waals surface area (Å²) in [6.45, 7) is 1.88. The van der Waals surface area contributed by atoms with Gasteiger partial charge in [0.05, 0.1) is 5.69 Å². The number of nitrogens with zero attached hydrogens (tertiary/aromatic N) is 5. The van der Waals surface area contributed by atoms with E-state index in [0.717, 1.165) is 11.4 Å². The van der Waals surface area contributed by atoms with Crippen LogP contribution in [0.3, 0.4) is 0 Å². The van der Waals surface area contributed by atoms with Gasteiger partial charge in [-0.15, -0.1) is 5.16 Å². The summed E-state index contributed by atoms with van der Waals surface area (Å²) in [4.78, 5) is 8.17. The number of oxime groups is 1. The topological polar surface area (TPSA) is 75.7 Å². The van der Waals surface area contributed by atoms with Crippen LogP contribution in [0, 0.1) is 6.92 Å². The summed E-state index contributed by atoms with van der Waals surface area (Å²) in [7, 11) is 0. The second-order valence-corrected chi connectivity index (χ2v) is 2.86. The van der Waals surface area contributed by atoms with Gasteiger partial charge in [0.25, 0.3) is 5.78 Å². The van der Waals surface area contributed by atoms with E-state index in [0.29, 0.717) is 12.2 Å². The molecule has 2 aromatic heterocycles. The molecule has 2 heterocycles. The highest BCUT2D eigenvalue weighted by Gasteiger charge is 2.03. The lowest BCUT2D eigenvalue weighted by Crippen LogP contribution is -2.02. The van der Waals surface area contributed by atoms with Crippen LogP contribution in [-0.4, -0.2) is 31.0 Å². The molecule has 6 nitrogen and oxygen atoms in total. The standard InChI is InChI=1S/C8H9N5O/c1-6-4-7(2-3-11-14)13-8(12-6)9-5-10-13/h3-5,14H,2H2,1H3/b11-3+. The quantitative estimate of drug-likeness (QED) is 0.424. The fourth-order valence-corrected chi connectivity index (χ4v) is 1.29. The van der Waals surface area contributed by atoms with E-state index in [-0.39, 0.29) is 0 Å². The Hall–Kier alpha value is -1.98. The van der Waals surface area contributed by atoms with Gasteiger partial charge < -0.3 is 5.21 Å². The van der Waals surface area contributed by atoms with Crippen LogP contribution >= 0.6 is 0 Å². The predicted octanol–water partition coefficient (Wildman–Crippen LogP) is 0.435. The third kappa shape index (κ3) is 1.41. The van der Waals surface area contributed by atoms with Crippen molar-refractivity contribution in [1.82, 2.24) is 19.6 Å². The second kappa shape index (κ2) is 3.41. The molecule has 0 spiro atoms. The molecule has 0 radical (unpaired) electrons. The monoisotopic (exact) mass is 191 g/mol. The molecule has 6 heteroatoms. The number of aryl methyl sites for hydroxylation is 1. The summed E-state index contributed by atoms with van der Waals surface area (Å²) in [5, 5.41) is 15.3.